The number of carbonyl (C=O) groups is 2. The highest BCUT2D eigenvalue weighted by Crippen LogP contribution is 2.46. The fourth-order valence-electron chi connectivity index (χ4n) is 3.60. The van der Waals surface area contributed by atoms with E-state index in [0.717, 1.165) is 23.6 Å². The molecule has 3 rings (SSSR count). The maximum Gasteiger partial charge on any atom is 0.232 e. The molecule has 1 unspecified atom stereocenters. The average molecular weight is 328 g/mol. The first-order valence-electron chi connectivity index (χ1n) is 8.33. The molecule has 24 heavy (non-hydrogen) atoms. The van der Waals surface area contributed by atoms with Gasteiger partial charge < -0.3 is 9.64 Å². The Morgan fingerprint density at radius 2 is 2.00 bits per heavy atom. The third kappa shape index (κ3) is 2.48. The second-order valence-corrected chi connectivity index (χ2v) is 6.90. The Kier molecular flexibility index (Phi) is 4.11. The van der Waals surface area contributed by atoms with Crippen molar-refractivity contribution in [3.05, 3.63) is 42.1 Å². The van der Waals surface area contributed by atoms with E-state index in [2.05, 4.69) is 11.5 Å². The maximum absolute atomic E-state index is 12.5. The number of methoxy groups -OCH3 is 1. The van der Waals surface area contributed by atoms with Crippen molar-refractivity contribution in [2.24, 2.45) is 5.92 Å². The van der Waals surface area contributed by atoms with Crippen LogP contribution >= 0.6 is 0 Å². The van der Waals surface area contributed by atoms with Crippen molar-refractivity contribution in [3.63, 3.8) is 0 Å². The Hall–Kier alpha value is -2.30. The highest BCUT2D eigenvalue weighted by atomic mass is 16.5. The molecule has 1 spiro atoms. The smallest absolute Gasteiger partial charge is 0.232 e. The molecule has 5 heteroatoms. The van der Waals surface area contributed by atoms with E-state index in [0.29, 0.717) is 19.4 Å². The molecule has 1 aromatic carbocycles. The van der Waals surface area contributed by atoms with Gasteiger partial charge in [0, 0.05) is 31.1 Å². The topological polar surface area (TPSA) is 49.9 Å². The van der Waals surface area contributed by atoms with Crippen molar-refractivity contribution in [1.82, 2.24) is 9.80 Å². The Morgan fingerprint density at radius 3 is 2.54 bits per heavy atom. The second kappa shape index (κ2) is 5.96. The molecule has 128 valence electrons. The number of carbonyl (C=O) groups excluding carboxylic acids is 2. The zero-order chi connectivity index (χ0) is 17.5. The molecule has 0 saturated carbocycles. The van der Waals surface area contributed by atoms with Crippen molar-refractivity contribution in [1.29, 1.82) is 0 Å². The van der Waals surface area contributed by atoms with Crippen molar-refractivity contribution in [2.45, 2.75) is 38.8 Å². The number of rotatable bonds is 4. The maximum atomic E-state index is 12.5. The van der Waals surface area contributed by atoms with E-state index >= 15 is 0 Å². The summed E-state index contributed by atoms with van der Waals surface area (Å²) in [5.74, 6) is 0.474. The number of hydrogen-bond donors (Lipinski definition) is 0. The minimum atomic E-state index is -0.495. The van der Waals surface area contributed by atoms with Crippen LogP contribution in [-0.4, -0.2) is 40.8 Å². The van der Waals surface area contributed by atoms with Gasteiger partial charge in [-0.1, -0.05) is 32.6 Å². The quantitative estimate of drug-likeness (QED) is 0.852. The molecular formula is C19H24N2O3. The van der Waals surface area contributed by atoms with E-state index < -0.39 is 5.54 Å². The van der Waals surface area contributed by atoms with Gasteiger partial charge >= 0.3 is 0 Å². The first-order valence-corrected chi connectivity index (χ1v) is 8.33. The molecule has 2 amide bonds. The lowest BCUT2D eigenvalue weighted by molar-refractivity contribution is -0.152. The zero-order valence-electron chi connectivity index (χ0n) is 14.5. The van der Waals surface area contributed by atoms with Gasteiger partial charge in [0.15, 0.2) is 0 Å². The van der Waals surface area contributed by atoms with Crippen LogP contribution in [0.2, 0.25) is 0 Å². The summed E-state index contributed by atoms with van der Waals surface area (Å²) in [5.41, 5.74) is 1.53. The van der Waals surface area contributed by atoms with E-state index in [1.54, 1.807) is 7.11 Å². The molecule has 2 aliphatic heterocycles. The van der Waals surface area contributed by atoms with E-state index in [1.165, 1.54) is 4.90 Å². The van der Waals surface area contributed by atoms with E-state index in [1.807, 2.05) is 38.1 Å². The molecule has 2 fully saturated rings. The molecule has 0 N–H and O–H groups in total. The number of imide groups is 1. The molecule has 0 radical (unpaired) electrons. The van der Waals surface area contributed by atoms with Crippen LogP contribution < -0.4 is 4.74 Å². The van der Waals surface area contributed by atoms with Gasteiger partial charge in [-0.3, -0.25) is 14.5 Å². The summed E-state index contributed by atoms with van der Waals surface area (Å²) >= 11 is 0. The van der Waals surface area contributed by atoms with Gasteiger partial charge in [-0.2, -0.15) is 0 Å². The minimum Gasteiger partial charge on any atom is -0.497 e. The third-order valence-corrected chi connectivity index (χ3v) is 5.05. The van der Waals surface area contributed by atoms with Crippen LogP contribution in [-0.2, 0) is 16.1 Å². The summed E-state index contributed by atoms with van der Waals surface area (Å²) in [6, 6.07) is 7.91. The number of nitrogens with zero attached hydrogens (tertiary/aromatic N) is 2. The number of amides is 2. The summed E-state index contributed by atoms with van der Waals surface area (Å²) in [7, 11) is 1.65. The number of ether oxygens (including phenoxy) is 1. The molecule has 5 nitrogen and oxygen atoms in total. The Morgan fingerprint density at radius 1 is 1.33 bits per heavy atom. The van der Waals surface area contributed by atoms with Gasteiger partial charge in [-0.25, -0.2) is 0 Å². The van der Waals surface area contributed by atoms with Crippen LogP contribution in [0.25, 0.3) is 0 Å². The summed E-state index contributed by atoms with van der Waals surface area (Å²) in [6.07, 6.45) is 1.11. The van der Waals surface area contributed by atoms with E-state index in [-0.39, 0.29) is 17.7 Å². The van der Waals surface area contributed by atoms with Gasteiger partial charge in [0.25, 0.3) is 0 Å². The standard InChI is InChI=1S/C19H24N2O3/c1-13(2)18(23)21-17(22)9-10-19(21)12-20(14(19)3)11-15-5-7-16(24-4)8-6-15/h5-8,13H,3,9-12H2,1-2,4H3. The molecule has 1 aromatic rings. The van der Waals surface area contributed by atoms with E-state index in [9.17, 15) is 9.59 Å². The van der Waals surface area contributed by atoms with Crippen molar-refractivity contribution >= 4 is 11.8 Å². The highest BCUT2D eigenvalue weighted by molar-refractivity contribution is 5.99. The van der Waals surface area contributed by atoms with Gasteiger partial charge in [0.1, 0.15) is 11.3 Å². The predicted octanol–water partition coefficient (Wildman–Crippen LogP) is 2.57. The van der Waals surface area contributed by atoms with Gasteiger partial charge in [-0.05, 0) is 24.1 Å². The minimum absolute atomic E-state index is 0.0704. The van der Waals surface area contributed by atoms with Crippen molar-refractivity contribution < 1.29 is 14.3 Å². The first kappa shape index (κ1) is 16.6. The van der Waals surface area contributed by atoms with Crippen molar-refractivity contribution in [3.8, 4) is 5.75 Å². The van der Waals surface area contributed by atoms with Crippen LogP contribution in [0, 0.1) is 5.92 Å². The van der Waals surface area contributed by atoms with Crippen LogP contribution in [0.5, 0.6) is 5.75 Å². The number of benzene rings is 1. The summed E-state index contributed by atoms with van der Waals surface area (Å²) in [6.45, 7) is 9.25. The lowest BCUT2D eigenvalue weighted by Gasteiger charge is -2.55. The first-order chi connectivity index (χ1) is 11.4. The average Bonchev–Trinajstić information content (AvgIpc) is 2.93. The molecule has 2 aliphatic rings. The monoisotopic (exact) mass is 328 g/mol. The predicted molar refractivity (Wildman–Crippen MR) is 91.2 cm³/mol. The van der Waals surface area contributed by atoms with E-state index in [4.69, 9.17) is 4.74 Å². The lowest BCUT2D eigenvalue weighted by Crippen LogP contribution is -2.67. The SMILES string of the molecule is C=C1N(Cc2ccc(OC)cc2)CC12CCC(=O)N2C(=O)C(C)C. The molecule has 0 aromatic heterocycles. The molecule has 2 saturated heterocycles. The third-order valence-electron chi connectivity index (χ3n) is 5.05. The largest absolute Gasteiger partial charge is 0.497 e. The van der Waals surface area contributed by atoms with Crippen molar-refractivity contribution in [2.75, 3.05) is 13.7 Å². The van der Waals surface area contributed by atoms with Crippen LogP contribution in [0.3, 0.4) is 0 Å². The zero-order valence-corrected chi connectivity index (χ0v) is 14.5. The van der Waals surface area contributed by atoms with Gasteiger partial charge in [0.05, 0.1) is 7.11 Å². The number of hydrogen-bond acceptors (Lipinski definition) is 4. The Bertz CT molecular complexity index is 680. The number of likely N-dealkylation sites (tertiary alicyclic amines) is 2. The molecule has 0 aliphatic carbocycles. The normalized spacial score (nSPS) is 23.2. The molecular weight excluding hydrogens is 304 g/mol. The highest BCUT2D eigenvalue weighted by Gasteiger charge is 2.58. The molecule has 1 atom stereocenters. The Balaban J connectivity index is 1.73. The van der Waals surface area contributed by atoms with Gasteiger partial charge in [-0.15, -0.1) is 0 Å². The second-order valence-electron chi connectivity index (χ2n) is 6.90. The fraction of sp³-hybridized carbons (Fsp3) is 0.474. The lowest BCUT2D eigenvalue weighted by atomic mass is 9.82. The van der Waals surface area contributed by atoms with Gasteiger partial charge in [0.2, 0.25) is 11.8 Å². The summed E-state index contributed by atoms with van der Waals surface area (Å²) < 4.78 is 5.17. The fourth-order valence-corrected chi connectivity index (χ4v) is 3.60. The molecule has 2 heterocycles. The Labute approximate surface area is 142 Å². The van der Waals surface area contributed by atoms with Crippen LogP contribution in [0.4, 0.5) is 0 Å². The van der Waals surface area contributed by atoms with Crippen LogP contribution in [0.1, 0.15) is 32.3 Å². The summed E-state index contributed by atoms with van der Waals surface area (Å²) in [5, 5.41) is 0. The summed E-state index contributed by atoms with van der Waals surface area (Å²) in [4.78, 5) is 28.3. The molecule has 0 bridgehead atoms. The van der Waals surface area contributed by atoms with Crippen LogP contribution in [0.15, 0.2) is 36.5 Å².